The Morgan fingerprint density at radius 1 is 0.972 bits per heavy atom. The van der Waals surface area contributed by atoms with Crippen molar-refractivity contribution in [3.8, 4) is 0 Å². The lowest BCUT2D eigenvalue weighted by Gasteiger charge is -2.45. The van der Waals surface area contributed by atoms with Crippen molar-refractivity contribution in [3.63, 3.8) is 0 Å². The molecule has 3 aromatic rings. The van der Waals surface area contributed by atoms with Crippen LogP contribution in [0.4, 0.5) is 11.4 Å². The van der Waals surface area contributed by atoms with E-state index in [-0.39, 0.29) is 27.8 Å². The average Bonchev–Trinajstić information content (AvgIpc) is 2.88. The molecule has 0 bridgehead atoms. The molecule has 1 aliphatic heterocycles. The number of halogens is 1. The van der Waals surface area contributed by atoms with E-state index in [2.05, 4.69) is 21.2 Å². The Morgan fingerprint density at radius 2 is 1.69 bits per heavy atom. The number of hydrogen-bond donors (Lipinski definition) is 2. The van der Waals surface area contributed by atoms with Crippen molar-refractivity contribution in [1.82, 2.24) is 0 Å². The van der Waals surface area contributed by atoms with Gasteiger partial charge in [-0.25, -0.2) is 13.2 Å². The number of fused-ring (bicyclic) bond motifs is 2. The third-order valence-electron chi connectivity index (χ3n) is 7.01. The summed E-state index contributed by atoms with van der Waals surface area (Å²) in [6, 6.07) is 17.9. The molecule has 0 saturated heterocycles. The van der Waals surface area contributed by atoms with Gasteiger partial charge in [-0.3, -0.25) is 9.10 Å². The molecular weight excluding hydrogens is 544 g/mol. The zero-order valence-electron chi connectivity index (χ0n) is 19.4. The SMILES string of the molecule is O=C(Nc1ccc(Br)cc1C(=O)O)c1ccc(S(=O)(=O)N2c3ccccc3CC3CCCCC32)cc1. The molecule has 2 unspecified atom stereocenters. The van der Waals surface area contributed by atoms with E-state index in [1.165, 1.54) is 36.4 Å². The van der Waals surface area contributed by atoms with E-state index in [0.29, 0.717) is 10.4 Å². The number of nitrogens with zero attached hydrogens (tertiary/aromatic N) is 1. The first-order valence-electron chi connectivity index (χ1n) is 11.8. The third kappa shape index (κ3) is 4.53. The van der Waals surface area contributed by atoms with Crippen molar-refractivity contribution in [2.24, 2.45) is 5.92 Å². The summed E-state index contributed by atoms with van der Waals surface area (Å²) in [7, 11) is -3.85. The summed E-state index contributed by atoms with van der Waals surface area (Å²) < 4.78 is 29.9. The molecule has 1 saturated carbocycles. The van der Waals surface area contributed by atoms with E-state index < -0.39 is 21.9 Å². The minimum Gasteiger partial charge on any atom is -0.478 e. The lowest BCUT2D eigenvalue weighted by molar-refractivity contribution is 0.0698. The molecule has 36 heavy (non-hydrogen) atoms. The molecule has 5 rings (SSSR count). The van der Waals surface area contributed by atoms with E-state index in [1.54, 1.807) is 10.4 Å². The topological polar surface area (TPSA) is 104 Å². The fourth-order valence-corrected chi connectivity index (χ4v) is 7.43. The van der Waals surface area contributed by atoms with Gasteiger partial charge in [-0.15, -0.1) is 0 Å². The van der Waals surface area contributed by atoms with Gasteiger partial charge < -0.3 is 10.4 Å². The number of hydrogen-bond acceptors (Lipinski definition) is 4. The largest absolute Gasteiger partial charge is 0.478 e. The standard InChI is InChI=1S/C27H25BrN2O5S/c28-20-11-14-23(22(16-20)27(32)33)29-26(31)17-9-12-21(13-10-17)36(34,35)30-24-7-3-1-5-18(24)15-19-6-2-4-8-25(19)30/h1,3,5,7,9-14,16,19,25H,2,4,6,8,15H2,(H,29,31)(H,32,33). The fraction of sp³-hybridized carbons (Fsp3) is 0.259. The smallest absolute Gasteiger partial charge is 0.337 e. The fourth-order valence-electron chi connectivity index (χ4n) is 5.29. The molecule has 9 heteroatoms. The van der Waals surface area contributed by atoms with Gasteiger partial charge in [0.2, 0.25) is 0 Å². The molecule has 7 nitrogen and oxygen atoms in total. The molecule has 2 atom stereocenters. The second-order valence-corrected chi connectivity index (χ2v) is 11.9. The Labute approximate surface area is 218 Å². The number of carboxylic acids is 1. The Hall–Kier alpha value is -3.17. The monoisotopic (exact) mass is 568 g/mol. The van der Waals surface area contributed by atoms with Crippen molar-refractivity contribution in [1.29, 1.82) is 0 Å². The number of anilines is 2. The molecule has 0 spiro atoms. The number of rotatable bonds is 5. The number of carbonyl (C=O) groups excluding carboxylic acids is 1. The van der Waals surface area contributed by atoms with Gasteiger partial charge in [0, 0.05) is 16.1 Å². The van der Waals surface area contributed by atoms with Crippen molar-refractivity contribution in [2.75, 3.05) is 9.62 Å². The van der Waals surface area contributed by atoms with Gasteiger partial charge in [-0.05, 0) is 79.3 Å². The summed E-state index contributed by atoms with van der Waals surface area (Å²) in [5, 5.41) is 12.0. The highest BCUT2D eigenvalue weighted by Gasteiger charge is 2.42. The average molecular weight is 569 g/mol. The maximum atomic E-state index is 13.9. The molecule has 2 aliphatic rings. The number of amides is 1. The van der Waals surface area contributed by atoms with Gasteiger partial charge in [0.05, 0.1) is 21.8 Å². The number of nitrogens with one attached hydrogen (secondary N) is 1. The molecular formula is C27H25BrN2O5S. The summed E-state index contributed by atoms with van der Waals surface area (Å²) in [5.74, 6) is -1.40. The quantitative estimate of drug-likeness (QED) is 0.410. The minimum absolute atomic E-state index is 0.0530. The van der Waals surface area contributed by atoms with Crippen LogP contribution in [-0.2, 0) is 16.4 Å². The van der Waals surface area contributed by atoms with Crippen LogP contribution in [0.5, 0.6) is 0 Å². The van der Waals surface area contributed by atoms with E-state index >= 15 is 0 Å². The summed E-state index contributed by atoms with van der Waals surface area (Å²) >= 11 is 3.23. The second kappa shape index (κ2) is 9.71. The molecule has 1 aliphatic carbocycles. The molecule has 0 aromatic heterocycles. The van der Waals surface area contributed by atoms with Crippen LogP contribution >= 0.6 is 15.9 Å². The highest BCUT2D eigenvalue weighted by molar-refractivity contribution is 9.10. The van der Waals surface area contributed by atoms with Crippen molar-refractivity contribution in [3.05, 3.63) is 87.9 Å². The Balaban J connectivity index is 1.43. The Bertz CT molecular complexity index is 1440. The van der Waals surface area contributed by atoms with E-state index in [9.17, 15) is 23.1 Å². The zero-order chi connectivity index (χ0) is 25.4. The first-order valence-corrected chi connectivity index (χ1v) is 14.1. The minimum atomic E-state index is -3.85. The first kappa shape index (κ1) is 24.5. The van der Waals surface area contributed by atoms with Crippen molar-refractivity contribution >= 4 is 49.2 Å². The summed E-state index contributed by atoms with van der Waals surface area (Å²) in [6.45, 7) is 0. The van der Waals surface area contributed by atoms with Crippen LogP contribution in [0.1, 0.15) is 52.0 Å². The van der Waals surface area contributed by atoms with Crippen molar-refractivity contribution < 1.29 is 23.1 Å². The van der Waals surface area contributed by atoms with Crippen molar-refractivity contribution in [2.45, 2.75) is 43.0 Å². The molecule has 2 N–H and O–H groups in total. The predicted molar refractivity (Wildman–Crippen MR) is 141 cm³/mol. The predicted octanol–water partition coefficient (Wildman–Crippen LogP) is 5.71. The maximum absolute atomic E-state index is 13.9. The van der Waals surface area contributed by atoms with E-state index in [0.717, 1.165) is 43.4 Å². The maximum Gasteiger partial charge on any atom is 0.337 e. The molecule has 1 fully saturated rings. The lowest BCUT2D eigenvalue weighted by atomic mass is 9.78. The number of carbonyl (C=O) groups is 2. The van der Waals surface area contributed by atoms with Crippen LogP contribution in [0.3, 0.4) is 0 Å². The first-order chi connectivity index (χ1) is 17.3. The lowest BCUT2D eigenvalue weighted by Crippen LogP contribution is -2.49. The molecule has 3 aromatic carbocycles. The number of sulfonamides is 1. The molecule has 1 heterocycles. The van der Waals surface area contributed by atoms with E-state index in [1.807, 2.05) is 24.3 Å². The van der Waals surface area contributed by atoms with Gasteiger partial charge in [0.25, 0.3) is 15.9 Å². The van der Waals surface area contributed by atoms with Gasteiger partial charge >= 0.3 is 5.97 Å². The highest BCUT2D eigenvalue weighted by Crippen LogP contribution is 2.43. The second-order valence-electron chi connectivity index (χ2n) is 9.22. The van der Waals surface area contributed by atoms with Gasteiger partial charge in [-0.2, -0.15) is 0 Å². The van der Waals surface area contributed by atoms with Crippen LogP contribution in [0.15, 0.2) is 76.1 Å². The van der Waals surface area contributed by atoms with Crippen LogP contribution < -0.4 is 9.62 Å². The summed E-state index contributed by atoms with van der Waals surface area (Å²) in [6.07, 6.45) is 4.85. The third-order valence-corrected chi connectivity index (χ3v) is 9.36. The molecule has 186 valence electrons. The number of carboxylic acid groups (broad SMARTS) is 1. The number of aromatic carboxylic acids is 1. The summed E-state index contributed by atoms with van der Waals surface area (Å²) in [4.78, 5) is 24.5. The van der Waals surface area contributed by atoms with Gasteiger partial charge in [-0.1, -0.05) is 47.0 Å². The number of benzene rings is 3. The van der Waals surface area contributed by atoms with Crippen LogP contribution in [-0.4, -0.2) is 31.4 Å². The Kier molecular flexibility index (Phi) is 6.61. The highest BCUT2D eigenvalue weighted by atomic mass is 79.9. The van der Waals surface area contributed by atoms with Gasteiger partial charge in [0.15, 0.2) is 0 Å². The Morgan fingerprint density at radius 3 is 2.44 bits per heavy atom. The van der Waals surface area contributed by atoms with E-state index in [4.69, 9.17) is 0 Å². The molecule has 1 amide bonds. The molecule has 0 radical (unpaired) electrons. The van der Waals surface area contributed by atoms with Crippen LogP contribution in [0, 0.1) is 5.92 Å². The number of para-hydroxylation sites is 1. The summed E-state index contributed by atoms with van der Waals surface area (Å²) in [5.41, 5.74) is 2.11. The normalized spacial score (nSPS) is 19.2. The van der Waals surface area contributed by atoms with Crippen LogP contribution in [0.2, 0.25) is 0 Å². The zero-order valence-corrected chi connectivity index (χ0v) is 21.8. The van der Waals surface area contributed by atoms with Crippen LogP contribution in [0.25, 0.3) is 0 Å². The van der Waals surface area contributed by atoms with Gasteiger partial charge in [0.1, 0.15) is 0 Å².